The summed E-state index contributed by atoms with van der Waals surface area (Å²) in [5.41, 5.74) is 1.40. The summed E-state index contributed by atoms with van der Waals surface area (Å²) in [6, 6.07) is 11.1. The average Bonchev–Trinajstić information content (AvgIpc) is 3.39. The van der Waals surface area contributed by atoms with E-state index in [2.05, 4.69) is 9.69 Å². The lowest BCUT2D eigenvalue weighted by Gasteiger charge is -2.12. The molecular weight excluding hydrogens is 392 g/mol. The third-order valence-electron chi connectivity index (χ3n) is 4.52. The van der Waals surface area contributed by atoms with Crippen molar-refractivity contribution in [2.75, 3.05) is 0 Å². The van der Waals surface area contributed by atoms with Gasteiger partial charge in [0, 0.05) is 5.38 Å². The number of hydrogen-bond donors (Lipinski definition) is 1. The molecule has 0 saturated carbocycles. The number of fused-ring (bicyclic) bond motifs is 1. The molecule has 0 aliphatic heterocycles. The summed E-state index contributed by atoms with van der Waals surface area (Å²) in [5, 5.41) is 4.32. The SMILES string of the molecule is Cc1cccc(Cn2c(=O)c3nscc3n(CC(=O)NCc3ccco3)c2=O)c1. The number of carbonyl (C=O) groups excluding carboxylic acids is 1. The van der Waals surface area contributed by atoms with Crippen molar-refractivity contribution in [2.24, 2.45) is 0 Å². The van der Waals surface area contributed by atoms with Crippen LogP contribution in [-0.2, 0) is 24.4 Å². The highest BCUT2D eigenvalue weighted by atomic mass is 32.1. The van der Waals surface area contributed by atoms with E-state index in [1.165, 1.54) is 10.8 Å². The highest BCUT2D eigenvalue weighted by Crippen LogP contribution is 2.11. The summed E-state index contributed by atoms with van der Waals surface area (Å²) in [6.07, 6.45) is 1.52. The number of nitrogens with zero attached hydrogens (tertiary/aromatic N) is 3. The molecule has 0 saturated heterocycles. The molecule has 0 aliphatic rings. The zero-order valence-corrected chi connectivity index (χ0v) is 16.4. The van der Waals surface area contributed by atoms with Crippen LogP contribution in [0.2, 0.25) is 0 Å². The van der Waals surface area contributed by atoms with E-state index in [-0.39, 0.29) is 31.1 Å². The summed E-state index contributed by atoms with van der Waals surface area (Å²) in [7, 11) is 0. The molecule has 4 rings (SSSR count). The molecule has 1 amide bonds. The zero-order chi connectivity index (χ0) is 20.4. The van der Waals surface area contributed by atoms with Crippen molar-refractivity contribution in [2.45, 2.75) is 26.6 Å². The Bertz CT molecular complexity index is 1280. The van der Waals surface area contributed by atoms with E-state index in [1.54, 1.807) is 17.5 Å². The first-order chi connectivity index (χ1) is 14.0. The maximum Gasteiger partial charge on any atom is 0.332 e. The summed E-state index contributed by atoms with van der Waals surface area (Å²) in [5.74, 6) is 0.245. The molecule has 0 radical (unpaired) electrons. The number of aromatic nitrogens is 3. The molecule has 4 aromatic rings. The van der Waals surface area contributed by atoms with Gasteiger partial charge < -0.3 is 9.73 Å². The molecule has 29 heavy (non-hydrogen) atoms. The van der Waals surface area contributed by atoms with Crippen LogP contribution in [0.25, 0.3) is 11.0 Å². The van der Waals surface area contributed by atoms with Gasteiger partial charge in [-0.3, -0.25) is 18.7 Å². The van der Waals surface area contributed by atoms with Crippen molar-refractivity contribution in [3.63, 3.8) is 0 Å². The molecule has 9 heteroatoms. The number of hydrogen-bond acceptors (Lipinski definition) is 6. The second-order valence-corrected chi connectivity index (χ2v) is 7.28. The first-order valence-corrected chi connectivity index (χ1v) is 9.79. The summed E-state index contributed by atoms with van der Waals surface area (Å²) in [6.45, 7) is 2.05. The van der Waals surface area contributed by atoms with E-state index in [1.807, 2.05) is 31.2 Å². The first-order valence-electron chi connectivity index (χ1n) is 8.95. The molecule has 8 nitrogen and oxygen atoms in total. The Kier molecular flexibility index (Phi) is 5.13. The van der Waals surface area contributed by atoms with Crippen molar-refractivity contribution in [1.82, 2.24) is 18.8 Å². The fraction of sp³-hybridized carbons (Fsp3) is 0.200. The van der Waals surface area contributed by atoms with E-state index in [9.17, 15) is 14.4 Å². The van der Waals surface area contributed by atoms with E-state index < -0.39 is 11.2 Å². The van der Waals surface area contributed by atoms with Crippen LogP contribution in [0.15, 0.2) is 62.0 Å². The minimum Gasteiger partial charge on any atom is -0.467 e. The topological polar surface area (TPSA) is 99.1 Å². The van der Waals surface area contributed by atoms with Gasteiger partial charge in [-0.05, 0) is 36.2 Å². The van der Waals surface area contributed by atoms with Crippen LogP contribution in [-0.4, -0.2) is 19.4 Å². The van der Waals surface area contributed by atoms with Gasteiger partial charge in [-0.1, -0.05) is 29.8 Å². The number of rotatable bonds is 6. The molecule has 3 aromatic heterocycles. The van der Waals surface area contributed by atoms with Crippen LogP contribution in [0.1, 0.15) is 16.9 Å². The minimum atomic E-state index is -0.544. The Balaban J connectivity index is 1.68. The van der Waals surface area contributed by atoms with Crippen LogP contribution in [0.5, 0.6) is 0 Å². The average molecular weight is 410 g/mol. The molecule has 3 heterocycles. The Morgan fingerprint density at radius 1 is 1.21 bits per heavy atom. The van der Waals surface area contributed by atoms with Gasteiger partial charge in [0.1, 0.15) is 12.3 Å². The van der Waals surface area contributed by atoms with Crippen molar-refractivity contribution < 1.29 is 9.21 Å². The third kappa shape index (κ3) is 3.90. The molecule has 0 fully saturated rings. The fourth-order valence-electron chi connectivity index (χ4n) is 3.12. The molecule has 148 valence electrons. The van der Waals surface area contributed by atoms with Gasteiger partial charge in [0.25, 0.3) is 5.56 Å². The van der Waals surface area contributed by atoms with Gasteiger partial charge in [-0.15, -0.1) is 0 Å². The second kappa shape index (κ2) is 7.88. The molecule has 1 aromatic carbocycles. The van der Waals surface area contributed by atoms with E-state index >= 15 is 0 Å². The number of amides is 1. The van der Waals surface area contributed by atoms with Crippen LogP contribution in [0.4, 0.5) is 0 Å². The van der Waals surface area contributed by atoms with Crippen LogP contribution in [0, 0.1) is 6.92 Å². The quantitative estimate of drug-likeness (QED) is 0.523. The Morgan fingerprint density at radius 2 is 2.07 bits per heavy atom. The summed E-state index contributed by atoms with van der Waals surface area (Å²) in [4.78, 5) is 38.3. The third-order valence-corrected chi connectivity index (χ3v) is 5.13. The van der Waals surface area contributed by atoms with Crippen molar-refractivity contribution in [3.8, 4) is 0 Å². The molecule has 0 atom stereocenters. The lowest BCUT2D eigenvalue weighted by Crippen LogP contribution is -2.42. The minimum absolute atomic E-state index is 0.112. The number of aryl methyl sites for hydroxylation is 1. The van der Waals surface area contributed by atoms with Crippen LogP contribution < -0.4 is 16.6 Å². The van der Waals surface area contributed by atoms with Gasteiger partial charge >= 0.3 is 5.69 Å². The van der Waals surface area contributed by atoms with Gasteiger partial charge in [0.05, 0.1) is 24.9 Å². The highest BCUT2D eigenvalue weighted by molar-refractivity contribution is 7.04. The van der Waals surface area contributed by atoms with Gasteiger partial charge in [-0.25, -0.2) is 4.79 Å². The summed E-state index contributed by atoms with van der Waals surface area (Å²) < 4.78 is 11.7. The number of benzene rings is 1. The predicted octanol–water partition coefficient (Wildman–Crippen LogP) is 1.89. The monoisotopic (exact) mass is 410 g/mol. The van der Waals surface area contributed by atoms with Crippen LogP contribution in [0.3, 0.4) is 0 Å². The lowest BCUT2D eigenvalue weighted by molar-refractivity contribution is -0.121. The predicted molar refractivity (Wildman–Crippen MR) is 109 cm³/mol. The standard InChI is InChI=1S/C20H18N4O4S/c1-13-4-2-5-14(8-13)10-24-19(26)18-16(12-29-22-18)23(20(24)27)11-17(25)21-9-15-6-3-7-28-15/h2-8,12H,9-11H2,1H3,(H,21,25). The van der Waals surface area contributed by atoms with Crippen molar-refractivity contribution in [3.05, 3.63) is 85.8 Å². The van der Waals surface area contributed by atoms with E-state index in [0.29, 0.717) is 11.3 Å². The summed E-state index contributed by atoms with van der Waals surface area (Å²) >= 11 is 1.08. The maximum absolute atomic E-state index is 13.1. The van der Waals surface area contributed by atoms with E-state index in [0.717, 1.165) is 27.2 Å². The first kappa shape index (κ1) is 18.9. The van der Waals surface area contributed by atoms with Crippen molar-refractivity contribution >= 4 is 28.5 Å². The molecular formula is C20H18N4O4S. The molecule has 1 N–H and O–H groups in total. The van der Waals surface area contributed by atoms with E-state index in [4.69, 9.17) is 4.42 Å². The van der Waals surface area contributed by atoms with Gasteiger partial charge in [0.2, 0.25) is 5.91 Å². The Labute approximate surface area is 169 Å². The maximum atomic E-state index is 13.1. The number of furan rings is 1. The Morgan fingerprint density at radius 3 is 2.83 bits per heavy atom. The highest BCUT2D eigenvalue weighted by Gasteiger charge is 2.17. The normalized spacial score (nSPS) is 11.1. The largest absolute Gasteiger partial charge is 0.467 e. The number of carbonyl (C=O) groups is 1. The second-order valence-electron chi connectivity index (χ2n) is 6.65. The lowest BCUT2D eigenvalue weighted by atomic mass is 10.1. The molecule has 0 spiro atoms. The molecule has 0 aliphatic carbocycles. The molecule has 0 bridgehead atoms. The Hall–Kier alpha value is -3.46. The fourth-order valence-corrected chi connectivity index (χ4v) is 3.79. The van der Waals surface area contributed by atoms with Gasteiger partial charge in [0.15, 0.2) is 5.52 Å². The van der Waals surface area contributed by atoms with Crippen LogP contribution >= 0.6 is 11.5 Å². The smallest absolute Gasteiger partial charge is 0.332 e. The zero-order valence-electron chi connectivity index (χ0n) is 15.6. The van der Waals surface area contributed by atoms with Crippen molar-refractivity contribution in [1.29, 1.82) is 0 Å². The molecule has 0 unspecified atom stereocenters. The van der Waals surface area contributed by atoms with Gasteiger partial charge in [-0.2, -0.15) is 4.37 Å². The number of nitrogens with one attached hydrogen (secondary N) is 1.